The molecule has 0 radical (unpaired) electrons. The van der Waals surface area contributed by atoms with E-state index in [1.54, 1.807) is 30.6 Å². The molecule has 4 heterocycles. The third-order valence-corrected chi connectivity index (χ3v) is 6.32. The molecule has 1 fully saturated rings. The third-order valence-electron chi connectivity index (χ3n) is 6.32. The van der Waals surface area contributed by atoms with Crippen LogP contribution in [-0.2, 0) is 11.2 Å². The van der Waals surface area contributed by atoms with Crippen molar-refractivity contribution < 1.29 is 18.7 Å². The molecule has 0 aliphatic carbocycles. The molecule has 0 spiro atoms. The molecule has 0 bridgehead atoms. The van der Waals surface area contributed by atoms with Crippen LogP contribution in [0.2, 0.25) is 0 Å². The lowest BCUT2D eigenvalue weighted by Crippen LogP contribution is -2.68. The van der Waals surface area contributed by atoms with Crippen LogP contribution in [0.25, 0.3) is 11.3 Å². The largest absolute Gasteiger partial charge is 0.492 e. The minimum atomic E-state index is -0.719. The Kier molecular flexibility index (Phi) is 6.38. The number of hydrogen-bond donors (Lipinski definition) is 5. The Bertz CT molecular complexity index is 1460. The van der Waals surface area contributed by atoms with Crippen molar-refractivity contribution in [2.75, 3.05) is 32.1 Å². The van der Waals surface area contributed by atoms with Crippen molar-refractivity contribution in [2.24, 2.45) is 0 Å². The fraction of sp³-hybridized carbons (Fsp3) is 0.222. The number of aromatic amines is 1. The highest BCUT2D eigenvalue weighted by Gasteiger charge is 2.36. The van der Waals surface area contributed by atoms with E-state index in [9.17, 15) is 14.0 Å². The lowest BCUT2D eigenvalue weighted by molar-refractivity contribution is -0.118. The molecule has 5 N–H and O–H groups in total. The standard InChI is InChI=1S/C27H25FN6O3/c1-3-21(35)34-27(14-30-15-27)10-7-16-13-29-11-8-17(16)23-24(22-19(32-23)9-12-31-26(22)36)33-20-6-4-5-18(28)25(20)37-2/h3-6,8,11,13,30,32-33H,1,9,12,14-15H2,2H3,(H,31,36)(H,34,35). The number of carbonyl (C=O) groups excluding carboxylic acids is 2. The molecule has 9 nitrogen and oxygen atoms in total. The predicted molar refractivity (Wildman–Crippen MR) is 137 cm³/mol. The first-order valence-electron chi connectivity index (χ1n) is 11.7. The van der Waals surface area contributed by atoms with E-state index >= 15 is 0 Å². The first-order chi connectivity index (χ1) is 17.9. The summed E-state index contributed by atoms with van der Waals surface area (Å²) in [5, 5.41) is 12.1. The van der Waals surface area contributed by atoms with Crippen molar-refractivity contribution in [3.8, 4) is 28.8 Å². The van der Waals surface area contributed by atoms with Gasteiger partial charge in [0.05, 0.1) is 35.3 Å². The van der Waals surface area contributed by atoms with Crippen LogP contribution in [0.4, 0.5) is 15.8 Å². The van der Waals surface area contributed by atoms with Crippen LogP contribution in [0.3, 0.4) is 0 Å². The minimum absolute atomic E-state index is 0.0340. The second-order valence-corrected chi connectivity index (χ2v) is 8.73. The maximum atomic E-state index is 14.4. The number of anilines is 2. The zero-order valence-electron chi connectivity index (χ0n) is 20.1. The summed E-state index contributed by atoms with van der Waals surface area (Å²) in [4.78, 5) is 32.5. The quantitative estimate of drug-likeness (QED) is 0.262. The van der Waals surface area contributed by atoms with Gasteiger partial charge in [0.2, 0.25) is 5.91 Å². The van der Waals surface area contributed by atoms with Crippen molar-refractivity contribution in [3.63, 3.8) is 0 Å². The summed E-state index contributed by atoms with van der Waals surface area (Å²) in [6.07, 6.45) is 5.08. The zero-order chi connectivity index (χ0) is 26.0. The number of pyridine rings is 1. The maximum absolute atomic E-state index is 14.4. The van der Waals surface area contributed by atoms with Crippen LogP contribution in [0, 0.1) is 17.7 Å². The van der Waals surface area contributed by atoms with Gasteiger partial charge < -0.3 is 31.0 Å². The number of aromatic nitrogens is 2. The molecule has 0 atom stereocenters. The Labute approximate surface area is 212 Å². The van der Waals surface area contributed by atoms with Crippen molar-refractivity contribution in [1.82, 2.24) is 25.9 Å². The lowest BCUT2D eigenvalue weighted by Gasteiger charge is -2.38. The van der Waals surface area contributed by atoms with Crippen LogP contribution in [0.1, 0.15) is 21.6 Å². The number of para-hydroxylation sites is 1. The van der Waals surface area contributed by atoms with Gasteiger partial charge in [-0.25, -0.2) is 4.39 Å². The van der Waals surface area contributed by atoms with E-state index in [0.717, 1.165) is 5.69 Å². The van der Waals surface area contributed by atoms with Gasteiger partial charge in [-0.15, -0.1) is 0 Å². The van der Waals surface area contributed by atoms with Crippen LogP contribution in [-0.4, -0.2) is 54.1 Å². The number of amides is 2. The summed E-state index contributed by atoms with van der Waals surface area (Å²) in [6.45, 7) is 5.00. The summed E-state index contributed by atoms with van der Waals surface area (Å²) in [6, 6.07) is 6.33. The van der Waals surface area contributed by atoms with E-state index in [4.69, 9.17) is 4.74 Å². The summed E-state index contributed by atoms with van der Waals surface area (Å²) in [5.74, 6) is 5.30. The Morgan fingerprint density at radius 3 is 2.89 bits per heavy atom. The van der Waals surface area contributed by atoms with E-state index in [1.807, 2.05) is 0 Å². The number of halogens is 1. The molecule has 10 heteroatoms. The van der Waals surface area contributed by atoms with Gasteiger partial charge in [0.1, 0.15) is 5.54 Å². The van der Waals surface area contributed by atoms with E-state index in [-0.39, 0.29) is 17.6 Å². The van der Waals surface area contributed by atoms with Gasteiger partial charge >= 0.3 is 0 Å². The highest BCUT2D eigenvalue weighted by atomic mass is 19.1. The Morgan fingerprint density at radius 1 is 1.32 bits per heavy atom. The first-order valence-corrected chi connectivity index (χ1v) is 11.7. The third kappa shape index (κ3) is 4.52. The molecule has 5 rings (SSSR count). The Balaban J connectivity index is 1.62. The molecule has 1 saturated heterocycles. The maximum Gasteiger partial charge on any atom is 0.255 e. The molecule has 2 amide bonds. The van der Waals surface area contributed by atoms with E-state index in [0.29, 0.717) is 59.8 Å². The van der Waals surface area contributed by atoms with Crippen LogP contribution in [0.5, 0.6) is 5.75 Å². The van der Waals surface area contributed by atoms with Crippen LogP contribution in [0.15, 0.2) is 49.3 Å². The van der Waals surface area contributed by atoms with Gasteiger partial charge in [0, 0.05) is 49.7 Å². The summed E-state index contributed by atoms with van der Waals surface area (Å²) >= 11 is 0. The molecule has 2 aromatic heterocycles. The predicted octanol–water partition coefficient (Wildman–Crippen LogP) is 2.25. The summed E-state index contributed by atoms with van der Waals surface area (Å²) in [5.41, 5.74) is 3.23. The number of hydrogen-bond acceptors (Lipinski definition) is 6. The van der Waals surface area contributed by atoms with Gasteiger partial charge in [-0.05, 0) is 24.3 Å². The number of nitrogens with one attached hydrogen (secondary N) is 5. The average molecular weight is 501 g/mol. The van der Waals surface area contributed by atoms with Crippen molar-refractivity contribution in [1.29, 1.82) is 0 Å². The Morgan fingerprint density at radius 2 is 2.16 bits per heavy atom. The molecule has 2 aliphatic heterocycles. The van der Waals surface area contributed by atoms with Crippen molar-refractivity contribution >= 4 is 23.2 Å². The molecule has 0 unspecified atom stereocenters. The van der Waals surface area contributed by atoms with Gasteiger partial charge in [-0.3, -0.25) is 14.6 Å². The summed E-state index contributed by atoms with van der Waals surface area (Å²) < 4.78 is 19.7. The molecule has 37 heavy (non-hydrogen) atoms. The fourth-order valence-corrected chi connectivity index (χ4v) is 4.42. The zero-order valence-corrected chi connectivity index (χ0v) is 20.1. The fourth-order valence-electron chi connectivity index (χ4n) is 4.42. The number of rotatable bonds is 6. The van der Waals surface area contributed by atoms with Gasteiger partial charge in [0.25, 0.3) is 5.91 Å². The van der Waals surface area contributed by atoms with E-state index in [1.165, 1.54) is 19.3 Å². The topological polar surface area (TPSA) is 120 Å². The van der Waals surface area contributed by atoms with Crippen LogP contribution < -0.4 is 26.0 Å². The molecule has 2 aliphatic rings. The number of nitrogens with zero attached hydrogens (tertiary/aromatic N) is 1. The number of H-pyrrole nitrogens is 1. The highest BCUT2D eigenvalue weighted by Crippen LogP contribution is 2.40. The smallest absolute Gasteiger partial charge is 0.255 e. The van der Waals surface area contributed by atoms with Crippen molar-refractivity contribution in [3.05, 3.63) is 72.0 Å². The molecular formula is C27H25FN6O3. The molecule has 0 saturated carbocycles. The Hall–Kier alpha value is -4.62. The van der Waals surface area contributed by atoms with Gasteiger partial charge in [-0.2, -0.15) is 0 Å². The van der Waals surface area contributed by atoms with Gasteiger partial charge in [0.15, 0.2) is 11.6 Å². The lowest BCUT2D eigenvalue weighted by atomic mass is 9.92. The molecule has 188 valence electrons. The van der Waals surface area contributed by atoms with Crippen molar-refractivity contribution in [2.45, 2.75) is 12.0 Å². The molecule has 3 aromatic rings. The van der Waals surface area contributed by atoms with Gasteiger partial charge in [-0.1, -0.05) is 24.5 Å². The second-order valence-electron chi connectivity index (χ2n) is 8.73. The van der Waals surface area contributed by atoms with E-state index in [2.05, 4.69) is 49.7 Å². The summed E-state index contributed by atoms with van der Waals surface area (Å²) in [7, 11) is 1.39. The SMILES string of the molecule is C=CC(=O)NC1(C#Cc2cnccc2-c2[nH]c3c(c2Nc2cccc(F)c2OC)C(=O)NCC3)CNC1. The average Bonchev–Trinajstić information content (AvgIpc) is 3.25. The highest BCUT2D eigenvalue weighted by molar-refractivity contribution is 6.06. The minimum Gasteiger partial charge on any atom is -0.492 e. The van der Waals surface area contributed by atoms with E-state index < -0.39 is 11.4 Å². The number of methoxy groups -OCH3 is 1. The number of benzene rings is 1. The van der Waals surface area contributed by atoms with Crippen LogP contribution >= 0.6 is 0 Å². The normalized spacial score (nSPS) is 15.2. The first kappa shape index (κ1) is 24.1. The number of carbonyl (C=O) groups is 2. The second kappa shape index (κ2) is 9.79. The molecule has 1 aromatic carbocycles. The number of ether oxygens (including phenoxy) is 1. The number of fused-ring (bicyclic) bond motifs is 1. The molecular weight excluding hydrogens is 475 g/mol. The monoisotopic (exact) mass is 500 g/mol.